The topological polar surface area (TPSA) is 55.7 Å². The fourth-order valence-electron chi connectivity index (χ4n) is 2.20. The lowest BCUT2D eigenvalue weighted by atomic mass is 10.2. The standard InChI is InChI=1S/C19H19N3O2S.BrH/c1-3-24-17-10-6-15(7-11-17)18-13-25-19(21-18)22-20-12-14-4-8-16(23-2)9-5-14;/h4-13H,3H2,1-2H3,(H,21,22);1H/b20-12+;. The van der Waals surface area contributed by atoms with Crippen molar-refractivity contribution >= 4 is 39.7 Å². The summed E-state index contributed by atoms with van der Waals surface area (Å²) in [6.45, 7) is 2.63. The van der Waals surface area contributed by atoms with Gasteiger partial charge >= 0.3 is 0 Å². The minimum atomic E-state index is 0. The quantitative estimate of drug-likeness (QED) is 0.408. The largest absolute Gasteiger partial charge is 0.497 e. The Kier molecular flexibility index (Phi) is 7.62. The van der Waals surface area contributed by atoms with Crippen molar-refractivity contribution in [3.05, 3.63) is 59.5 Å². The van der Waals surface area contributed by atoms with E-state index in [-0.39, 0.29) is 17.0 Å². The number of hydrazone groups is 1. The van der Waals surface area contributed by atoms with Gasteiger partial charge in [-0.1, -0.05) is 0 Å². The summed E-state index contributed by atoms with van der Waals surface area (Å²) in [5, 5.41) is 6.97. The number of benzene rings is 2. The van der Waals surface area contributed by atoms with Gasteiger partial charge in [0.2, 0.25) is 5.13 Å². The summed E-state index contributed by atoms with van der Waals surface area (Å²) >= 11 is 1.51. The maximum absolute atomic E-state index is 5.45. The summed E-state index contributed by atoms with van der Waals surface area (Å²) in [7, 11) is 1.65. The number of methoxy groups -OCH3 is 1. The van der Waals surface area contributed by atoms with E-state index in [4.69, 9.17) is 9.47 Å². The van der Waals surface area contributed by atoms with E-state index in [1.54, 1.807) is 13.3 Å². The fraction of sp³-hybridized carbons (Fsp3) is 0.158. The van der Waals surface area contributed by atoms with Gasteiger partial charge < -0.3 is 9.47 Å². The van der Waals surface area contributed by atoms with E-state index in [0.717, 1.165) is 33.5 Å². The zero-order chi connectivity index (χ0) is 17.5. The Morgan fingerprint density at radius 2 is 1.77 bits per heavy atom. The Labute approximate surface area is 167 Å². The maximum atomic E-state index is 5.45. The van der Waals surface area contributed by atoms with Crippen molar-refractivity contribution < 1.29 is 9.47 Å². The molecule has 0 saturated heterocycles. The summed E-state index contributed by atoms with van der Waals surface area (Å²) in [5.74, 6) is 1.69. The van der Waals surface area contributed by atoms with Crippen LogP contribution in [0.15, 0.2) is 59.0 Å². The molecular formula is C19H20BrN3O2S. The van der Waals surface area contributed by atoms with Gasteiger partial charge in [0.15, 0.2) is 0 Å². The number of thiazole rings is 1. The molecule has 0 bridgehead atoms. The number of rotatable bonds is 7. The third-order valence-electron chi connectivity index (χ3n) is 3.45. The average Bonchev–Trinajstić information content (AvgIpc) is 3.12. The van der Waals surface area contributed by atoms with Crippen LogP contribution in [0.3, 0.4) is 0 Å². The Hall–Kier alpha value is -2.38. The van der Waals surface area contributed by atoms with Gasteiger partial charge in [0.05, 0.1) is 25.6 Å². The van der Waals surface area contributed by atoms with Crippen LogP contribution in [0.2, 0.25) is 0 Å². The SMILES string of the molecule is Br.CCOc1ccc(-c2csc(N/N=C/c3ccc(OC)cc3)n2)cc1. The third-order valence-corrected chi connectivity index (χ3v) is 4.20. The van der Waals surface area contributed by atoms with E-state index < -0.39 is 0 Å². The Balaban J connectivity index is 0.00000243. The molecule has 1 N–H and O–H groups in total. The highest BCUT2D eigenvalue weighted by Crippen LogP contribution is 2.26. The molecule has 0 atom stereocenters. The number of anilines is 1. The van der Waals surface area contributed by atoms with Gasteiger partial charge in [-0.2, -0.15) is 5.10 Å². The van der Waals surface area contributed by atoms with Crippen LogP contribution in [-0.2, 0) is 0 Å². The predicted octanol–water partition coefficient (Wildman–Crippen LogP) is 5.24. The fourth-order valence-corrected chi connectivity index (χ4v) is 2.87. The minimum absolute atomic E-state index is 0. The molecule has 5 nitrogen and oxygen atoms in total. The van der Waals surface area contributed by atoms with Crippen molar-refractivity contribution in [2.45, 2.75) is 6.92 Å². The van der Waals surface area contributed by atoms with Crippen molar-refractivity contribution in [3.63, 3.8) is 0 Å². The molecule has 0 aliphatic carbocycles. The van der Waals surface area contributed by atoms with Crippen LogP contribution in [0.4, 0.5) is 5.13 Å². The van der Waals surface area contributed by atoms with Gasteiger partial charge in [-0.15, -0.1) is 28.3 Å². The molecule has 1 aromatic heterocycles. The molecule has 26 heavy (non-hydrogen) atoms. The van der Waals surface area contributed by atoms with E-state index in [9.17, 15) is 0 Å². The van der Waals surface area contributed by atoms with Crippen LogP contribution in [0, 0.1) is 0 Å². The lowest BCUT2D eigenvalue weighted by Crippen LogP contribution is -1.91. The molecule has 0 radical (unpaired) electrons. The van der Waals surface area contributed by atoms with E-state index in [1.165, 1.54) is 11.3 Å². The summed E-state index contributed by atoms with van der Waals surface area (Å²) in [5.41, 5.74) is 5.91. The third kappa shape index (κ3) is 5.31. The number of nitrogens with one attached hydrogen (secondary N) is 1. The van der Waals surface area contributed by atoms with Crippen molar-refractivity contribution in [2.75, 3.05) is 19.1 Å². The van der Waals surface area contributed by atoms with Crippen LogP contribution in [0.5, 0.6) is 11.5 Å². The number of nitrogens with zero attached hydrogens (tertiary/aromatic N) is 2. The van der Waals surface area contributed by atoms with Gasteiger partial charge in [0, 0.05) is 10.9 Å². The molecule has 0 spiro atoms. The smallest absolute Gasteiger partial charge is 0.203 e. The van der Waals surface area contributed by atoms with E-state index >= 15 is 0 Å². The molecule has 2 aromatic carbocycles. The van der Waals surface area contributed by atoms with Crippen molar-refractivity contribution in [1.82, 2.24) is 4.98 Å². The van der Waals surface area contributed by atoms with Crippen molar-refractivity contribution in [2.24, 2.45) is 5.10 Å². The first-order chi connectivity index (χ1) is 12.3. The van der Waals surface area contributed by atoms with Crippen LogP contribution in [-0.4, -0.2) is 24.9 Å². The van der Waals surface area contributed by atoms with Crippen LogP contribution in [0.1, 0.15) is 12.5 Å². The van der Waals surface area contributed by atoms with E-state index in [1.807, 2.05) is 60.8 Å². The summed E-state index contributed by atoms with van der Waals surface area (Å²) in [6, 6.07) is 15.6. The molecular weight excluding hydrogens is 414 g/mol. The molecule has 0 aliphatic rings. The Bertz CT molecular complexity index is 833. The monoisotopic (exact) mass is 433 g/mol. The molecule has 0 saturated carbocycles. The average molecular weight is 434 g/mol. The molecule has 0 fully saturated rings. The lowest BCUT2D eigenvalue weighted by Gasteiger charge is -2.03. The normalized spacial score (nSPS) is 10.4. The molecule has 3 aromatic rings. The van der Waals surface area contributed by atoms with Crippen LogP contribution < -0.4 is 14.9 Å². The first-order valence-corrected chi connectivity index (χ1v) is 8.78. The van der Waals surface area contributed by atoms with Crippen molar-refractivity contribution in [3.8, 4) is 22.8 Å². The first-order valence-electron chi connectivity index (χ1n) is 7.90. The van der Waals surface area contributed by atoms with Crippen molar-refractivity contribution in [1.29, 1.82) is 0 Å². The number of halogens is 1. The number of hydrogen-bond acceptors (Lipinski definition) is 6. The first kappa shape index (κ1) is 19.9. The second kappa shape index (κ2) is 9.94. The zero-order valence-corrected chi connectivity index (χ0v) is 17.0. The maximum Gasteiger partial charge on any atom is 0.203 e. The molecule has 0 amide bonds. The molecule has 0 unspecified atom stereocenters. The van der Waals surface area contributed by atoms with Gasteiger partial charge in [-0.05, 0) is 61.0 Å². The number of hydrogen-bond donors (Lipinski definition) is 1. The van der Waals surface area contributed by atoms with E-state index in [2.05, 4.69) is 15.5 Å². The van der Waals surface area contributed by atoms with E-state index in [0.29, 0.717) is 6.61 Å². The van der Waals surface area contributed by atoms with Crippen LogP contribution >= 0.6 is 28.3 Å². The Morgan fingerprint density at radius 1 is 1.08 bits per heavy atom. The summed E-state index contributed by atoms with van der Waals surface area (Å²) in [6.07, 6.45) is 1.75. The minimum Gasteiger partial charge on any atom is -0.497 e. The highest BCUT2D eigenvalue weighted by Gasteiger charge is 2.04. The predicted molar refractivity (Wildman–Crippen MR) is 113 cm³/mol. The van der Waals surface area contributed by atoms with Gasteiger partial charge in [-0.3, -0.25) is 5.43 Å². The van der Waals surface area contributed by atoms with Gasteiger partial charge in [0.25, 0.3) is 0 Å². The highest BCUT2D eigenvalue weighted by atomic mass is 79.9. The van der Waals surface area contributed by atoms with Gasteiger partial charge in [0.1, 0.15) is 11.5 Å². The molecule has 3 rings (SSSR count). The molecule has 7 heteroatoms. The second-order valence-corrected chi connectivity index (χ2v) is 6.00. The lowest BCUT2D eigenvalue weighted by molar-refractivity contribution is 0.340. The Morgan fingerprint density at radius 3 is 2.42 bits per heavy atom. The summed E-state index contributed by atoms with van der Waals surface area (Å²) < 4.78 is 10.6. The summed E-state index contributed by atoms with van der Waals surface area (Å²) in [4.78, 5) is 4.55. The van der Waals surface area contributed by atoms with Crippen LogP contribution in [0.25, 0.3) is 11.3 Å². The molecule has 136 valence electrons. The second-order valence-electron chi connectivity index (χ2n) is 5.14. The number of aromatic nitrogens is 1. The van der Waals surface area contributed by atoms with Gasteiger partial charge in [-0.25, -0.2) is 4.98 Å². The highest BCUT2D eigenvalue weighted by molar-refractivity contribution is 8.93. The molecule has 1 heterocycles. The number of ether oxygens (including phenoxy) is 2. The molecule has 0 aliphatic heterocycles. The zero-order valence-electron chi connectivity index (χ0n) is 14.5.